The predicted molar refractivity (Wildman–Crippen MR) is 91.5 cm³/mol. The second kappa shape index (κ2) is 5.83. The van der Waals surface area contributed by atoms with Gasteiger partial charge in [0.05, 0.1) is 16.9 Å². The van der Waals surface area contributed by atoms with Gasteiger partial charge in [-0.1, -0.05) is 11.6 Å². The number of halogens is 1. The first-order valence-electron chi connectivity index (χ1n) is 7.81. The number of nitrogens with zero attached hydrogens (tertiary/aromatic N) is 4. The van der Waals surface area contributed by atoms with E-state index in [0.29, 0.717) is 23.8 Å². The average molecular weight is 345 g/mol. The van der Waals surface area contributed by atoms with Crippen molar-refractivity contribution in [3.63, 3.8) is 0 Å². The molecular weight excluding hydrogens is 328 g/mol. The molecule has 3 aromatic heterocycles. The quantitative estimate of drug-likeness (QED) is 0.764. The van der Waals surface area contributed by atoms with Crippen LogP contribution < -0.4 is 5.32 Å². The molecule has 4 heterocycles. The van der Waals surface area contributed by atoms with Crippen molar-refractivity contribution >= 4 is 29.0 Å². The smallest absolute Gasteiger partial charge is 0.270 e. The number of imidazole rings is 1. The Kier molecular flexibility index (Phi) is 3.65. The van der Waals surface area contributed by atoms with E-state index in [1.54, 1.807) is 16.8 Å². The van der Waals surface area contributed by atoms with E-state index in [1.165, 1.54) is 0 Å². The number of nitrogens with one attached hydrogen (secondary N) is 2. The maximum absolute atomic E-state index is 12.4. The van der Waals surface area contributed by atoms with Gasteiger partial charge >= 0.3 is 0 Å². The summed E-state index contributed by atoms with van der Waals surface area (Å²) in [4.78, 5) is 21.5. The number of amides is 1. The Morgan fingerprint density at radius 3 is 3.12 bits per heavy atom. The monoisotopic (exact) mass is 344 g/mol. The summed E-state index contributed by atoms with van der Waals surface area (Å²) in [5.74, 6) is 0.752. The number of aryl methyl sites for hydroxylation is 1. The van der Waals surface area contributed by atoms with E-state index in [2.05, 4.69) is 20.4 Å². The van der Waals surface area contributed by atoms with Gasteiger partial charge in [-0.3, -0.25) is 4.79 Å². The van der Waals surface area contributed by atoms with E-state index in [9.17, 15) is 4.79 Å². The van der Waals surface area contributed by atoms with Crippen LogP contribution in [0.4, 0.5) is 5.82 Å². The lowest BCUT2D eigenvalue weighted by atomic mass is 10.2. The standard InChI is InChI=1S/C16H17ClN6O/c1-10-8-23-15(19-10)3-2-14(21-23)20-12-4-5-22(9-12)16(24)13-6-11(17)7-18-13/h2-3,6-8,12,18H,4-5,9H2,1H3,(H,20,21). The topological polar surface area (TPSA) is 78.3 Å². The van der Waals surface area contributed by atoms with Crippen molar-refractivity contribution in [2.24, 2.45) is 0 Å². The second-order valence-electron chi connectivity index (χ2n) is 6.02. The van der Waals surface area contributed by atoms with Crippen LogP contribution in [-0.4, -0.2) is 49.5 Å². The lowest BCUT2D eigenvalue weighted by Crippen LogP contribution is -2.32. The molecule has 0 bridgehead atoms. The van der Waals surface area contributed by atoms with Crippen LogP contribution in [-0.2, 0) is 0 Å². The fraction of sp³-hybridized carbons (Fsp3) is 0.312. The van der Waals surface area contributed by atoms with Crippen LogP contribution in [0.1, 0.15) is 22.6 Å². The van der Waals surface area contributed by atoms with Gasteiger partial charge in [0.15, 0.2) is 5.65 Å². The van der Waals surface area contributed by atoms with Crippen molar-refractivity contribution in [1.29, 1.82) is 0 Å². The van der Waals surface area contributed by atoms with Gasteiger partial charge in [-0.15, -0.1) is 5.10 Å². The summed E-state index contributed by atoms with van der Waals surface area (Å²) in [5, 5.41) is 8.44. The molecule has 3 aromatic rings. The summed E-state index contributed by atoms with van der Waals surface area (Å²) >= 11 is 5.87. The molecule has 1 aliphatic rings. The largest absolute Gasteiger partial charge is 0.364 e. The maximum atomic E-state index is 12.4. The number of fused-ring (bicyclic) bond motifs is 1. The highest BCUT2D eigenvalue weighted by molar-refractivity contribution is 6.30. The minimum absolute atomic E-state index is 0.0279. The molecule has 1 saturated heterocycles. The van der Waals surface area contributed by atoms with Crippen LogP contribution >= 0.6 is 11.6 Å². The Balaban J connectivity index is 1.43. The van der Waals surface area contributed by atoms with Gasteiger partial charge in [-0.05, 0) is 31.5 Å². The Bertz CT molecular complexity index is 901. The molecule has 1 fully saturated rings. The first kappa shape index (κ1) is 15.0. The van der Waals surface area contributed by atoms with Gasteiger partial charge in [0.1, 0.15) is 11.5 Å². The number of likely N-dealkylation sites (tertiary alicyclic amines) is 1. The third-order valence-electron chi connectivity index (χ3n) is 4.15. The van der Waals surface area contributed by atoms with E-state index in [-0.39, 0.29) is 11.9 Å². The summed E-state index contributed by atoms with van der Waals surface area (Å²) in [6, 6.07) is 5.67. The number of hydrogen-bond donors (Lipinski definition) is 2. The second-order valence-corrected chi connectivity index (χ2v) is 6.45. The zero-order chi connectivity index (χ0) is 16.7. The van der Waals surface area contributed by atoms with E-state index in [4.69, 9.17) is 11.6 Å². The van der Waals surface area contributed by atoms with Gasteiger partial charge < -0.3 is 15.2 Å². The van der Waals surface area contributed by atoms with Crippen LogP contribution in [0, 0.1) is 6.92 Å². The molecule has 4 rings (SSSR count). The van der Waals surface area contributed by atoms with Crippen molar-refractivity contribution < 1.29 is 4.79 Å². The number of rotatable bonds is 3. The van der Waals surface area contributed by atoms with E-state index >= 15 is 0 Å². The fourth-order valence-electron chi connectivity index (χ4n) is 3.01. The lowest BCUT2D eigenvalue weighted by molar-refractivity contribution is 0.0786. The lowest BCUT2D eigenvalue weighted by Gasteiger charge is -2.16. The number of aromatic nitrogens is 4. The molecule has 1 unspecified atom stereocenters. The van der Waals surface area contributed by atoms with Gasteiger partial charge in [0, 0.05) is 25.3 Å². The third kappa shape index (κ3) is 2.82. The zero-order valence-electron chi connectivity index (χ0n) is 13.2. The molecule has 0 saturated carbocycles. The normalized spacial score (nSPS) is 17.6. The number of anilines is 1. The predicted octanol–water partition coefficient (Wildman–Crippen LogP) is 2.35. The van der Waals surface area contributed by atoms with Crippen molar-refractivity contribution in [2.45, 2.75) is 19.4 Å². The number of hydrogen-bond acceptors (Lipinski definition) is 4. The van der Waals surface area contributed by atoms with E-state index in [0.717, 1.165) is 23.6 Å². The summed E-state index contributed by atoms with van der Waals surface area (Å²) in [5.41, 5.74) is 2.28. The molecule has 8 heteroatoms. The molecule has 7 nitrogen and oxygen atoms in total. The Morgan fingerprint density at radius 1 is 1.46 bits per heavy atom. The van der Waals surface area contributed by atoms with Gasteiger partial charge in [-0.25, -0.2) is 9.50 Å². The SMILES string of the molecule is Cc1cn2nc(NC3CCN(C(=O)c4cc(Cl)c[nH]4)C3)ccc2n1. The molecule has 0 radical (unpaired) electrons. The highest BCUT2D eigenvalue weighted by Crippen LogP contribution is 2.18. The van der Waals surface area contributed by atoms with Crippen LogP contribution in [0.25, 0.3) is 5.65 Å². The first-order chi connectivity index (χ1) is 11.6. The van der Waals surface area contributed by atoms with E-state index < -0.39 is 0 Å². The van der Waals surface area contributed by atoms with Crippen molar-refractivity contribution in [1.82, 2.24) is 24.5 Å². The van der Waals surface area contributed by atoms with Crippen LogP contribution in [0.3, 0.4) is 0 Å². The third-order valence-corrected chi connectivity index (χ3v) is 4.36. The molecule has 2 N–H and O–H groups in total. The molecule has 0 aromatic carbocycles. The highest BCUT2D eigenvalue weighted by Gasteiger charge is 2.27. The van der Waals surface area contributed by atoms with E-state index in [1.807, 2.05) is 30.2 Å². The minimum Gasteiger partial charge on any atom is -0.364 e. The Labute approximate surface area is 143 Å². The number of aromatic amines is 1. The van der Waals surface area contributed by atoms with Gasteiger partial charge in [0.25, 0.3) is 5.91 Å². The molecule has 1 atom stereocenters. The highest BCUT2D eigenvalue weighted by atomic mass is 35.5. The number of carbonyl (C=O) groups excluding carboxylic acids is 1. The summed E-state index contributed by atoms with van der Waals surface area (Å²) in [7, 11) is 0. The molecule has 0 aliphatic carbocycles. The average Bonchev–Trinajstić information content (AvgIpc) is 3.25. The zero-order valence-corrected chi connectivity index (χ0v) is 13.9. The minimum atomic E-state index is -0.0279. The Morgan fingerprint density at radius 2 is 2.33 bits per heavy atom. The summed E-state index contributed by atoms with van der Waals surface area (Å²) < 4.78 is 1.76. The molecule has 1 aliphatic heterocycles. The molecular formula is C16H17ClN6O. The molecule has 0 spiro atoms. The molecule has 1 amide bonds. The van der Waals surface area contributed by atoms with Gasteiger partial charge in [0.2, 0.25) is 0 Å². The molecule has 124 valence electrons. The van der Waals surface area contributed by atoms with Crippen LogP contribution in [0.15, 0.2) is 30.6 Å². The molecule has 24 heavy (non-hydrogen) atoms. The van der Waals surface area contributed by atoms with Crippen LogP contribution in [0.2, 0.25) is 5.02 Å². The van der Waals surface area contributed by atoms with Crippen molar-refractivity contribution in [3.05, 3.63) is 47.0 Å². The maximum Gasteiger partial charge on any atom is 0.270 e. The number of carbonyl (C=O) groups is 1. The van der Waals surface area contributed by atoms with Crippen molar-refractivity contribution in [3.8, 4) is 0 Å². The Hall–Kier alpha value is -2.54. The number of H-pyrrole nitrogens is 1. The summed E-state index contributed by atoms with van der Waals surface area (Å²) in [6.07, 6.45) is 4.38. The van der Waals surface area contributed by atoms with Gasteiger partial charge in [-0.2, -0.15) is 0 Å². The fourth-order valence-corrected chi connectivity index (χ4v) is 3.17. The summed E-state index contributed by atoms with van der Waals surface area (Å²) in [6.45, 7) is 3.28. The van der Waals surface area contributed by atoms with Crippen molar-refractivity contribution in [2.75, 3.05) is 18.4 Å². The first-order valence-corrected chi connectivity index (χ1v) is 8.19. The van der Waals surface area contributed by atoms with Crippen LogP contribution in [0.5, 0.6) is 0 Å².